The number of aryl methyl sites for hydroxylation is 2. The van der Waals surface area contributed by atoms with E-state index in [1.165, 1.54) is 0 Å². The topological polar surface area (TPSA) is 72.2 Å². The molecule has 1 aromatic carbocycles. The number of carbonyl (C=O) groups excluding carboxylic acids is 2. The highest BCUT2D eigenvalue weighted by Gasteiger charge is 2.13. The summed E-state index contributed by atoms with van der Waals surface area (Å²) in [6, 6.07) is 9.50. The highest BCUT2D eigenvalue weighted by atomic mass is 35.5. The molecule has 0 atom stereocenters. The predicted octanol–water partition coefficient (Wildman–Crippen LogP) is 3.69. The van der Waals surface area contributed by atoms with Gasteiger partial charge in [0.1, 0.15) is 0 Å². The third-order valence-corrected chi connectivity index (χ3v) is 4.60. The van der Waals surface area contributed by atoms with Gasteiger partial charge in [-0.1, -0.05) is 12.1 Å². The van der Waals surface area contributed by atoms with Crippen LogP contribution in [0.2, 0.25) is 0 Å². The molecule has 0 aliphatic heterocycles. The van der Waals surface area contributed by atoms with Gasteiger partial charge < -0.3 is 11.1 Å². The molecule has 4 nitrogen and oxygen atoms in total. The van der Waals surface area contributed by atoms with Gasteiger partial charge in [0.25, 0.3) is 0 Å². The molecule has 2 rings (SSSR count). The average Bonchev–Trinajstić information content (AvgIpc) is 2.85. The number of anilines is 1. The van der Waals surface area contributed by atoms with Crippen molar-refractivity contribution in [2.45, 2.75) is 33.1 Å². The van der Waals surface area contributed by atoms with E-state index < -0.39 is 0 Å². The molecular weight excluding hydrogens is 344 g/mol. The summed E-state index contributed by atoms with van der Waals surface area (Å²) in [5.74, 6) is -0.0427. The number of thiophene rings is 1. The summed E-state index contributed by atoms with van der Waals surface area (Å²) < 4.78 is 0. The van der Waals surface area contributed by atoms with Gasteiger partial charge in [-0.05, 0) is 44.0 Å². The number of carbonyl (C=O) groups is 2. The fourth-order valence-electron chi connectivity index (χ4n) is 2.39. The molecule has 0 unspecified atom stereocenters. The lowest BCUT2D eigenvalue weighted by molar-refractivity contribution is -0.121. The molecule has 0 radical (unpaired) electrons. The second-order valence-corrected chi connectivity index (χ2v) is 7.05. The lowest BCUT2D eigenvalue weighted by Crippen LogP contribution is -2.26. The Morgan fingerprint density at radius 1 is 1.12 bits per heavy atom. The molecule has 6 heteroatoms. The van der Waals surface area contributed by atoms with Crippen LogP contribution >= 0.6 is 23.7 Å². The first-order valence-corrected chi connectivity index (χ1v) is 8.48. The van der Waals surface area contributed by atoms with Crippen LogP contribution in [0.4, 0.5) is 5.69 Å². The molecular formula is C18H23ClN2O2S. The Morgan fingerprint density at radius 3 is 2.38 bits per heavy atom. The molecule has 0 aliphatic carbocycles. The maximum absolute atomic E-state index is 12.1. The minimum Gasteiger partial charge on any atom is -0.399 e. The smallest absolute Gasteiger partial charge is 0.220 e. The summed E-state index contributed by atoms with van der Waals surface area (Å²) in [6.07, 6.45) is 1.24. The minimum atomic E-state index is -0.0848. The van der Waals surface area contributed by atoms with Crippen molar-refractivity contribution >= 4 is 41.1 Å². The number of hydrogen-bond donors (Lipinski definition) is 2. The predicted molar refractivity (Wildman–Crippen MR) is 102 cm³/mol. The Balaban J connectivity index is 0.00000288. The van der Waals surface area contributed by atoms with E-state index in [4.69, 9.17) is 5.73 Å². The number of halogens is 1. The first kappa shape index (κ1) is 20.2. The van der Waals surface area contributed by atoms with Crippen LogP contribution in [-0.4, -0.2) is 18.2 Å². The number of amides is 1. The van der Waals surface area contributed by atoms with E-state index in [1.807, 2.05) is 44.2 Å². The minimum absolute atomic E-state index is 0. The van der Waals surface area contributed by atoms with Crippen molar-refractivity contribution in [2.24, 2.45) is 0 Å². The van der Waals surface area contributed by atoms with Crippen LogP contribution in [0.25, 0.3) is 0 Å². The van der Waals surface area contributed by atoms with Gasteiger partial charge in [0.15, 0.2) is 5.78 Å². The van der Waals surface area contributed by atoms with Gasteiger partial charge in [0, 0.05) is 40.4 Å². The van der Waals surface area contributed by atoms with Crippen LogP contribution in [0.3, 0.4) is 0 Å². The van der Waals surface area contributed by atoms with Gasteiger partial charge in [-0.25, -0.2) is 0 Å². The van der Waals surface area contributed by atoms with Crippen LogP contribution in [0.5, 0.6) is 0 Å². The summed E-state index contributed by atoms with van der Waals surface area (Å²) in [4.78, 5) is 26.1. The normalized spacial score (nSPS) is 10.1. The van der Waals surface area contributed by atoms with E-state index in [-0.39, 0.29) is 36.9 Å². The van der Waals surface area contributed by atoms with Gasteiger partial charge in [0.2, 0.25) is 5.91 Å². The van der Waals surface area contributed by atoms with Crippen molar-refractivity contribution in [2.75, 3.05) is 12.3 Å². The fraction of sp³-hybridized carbons (Fsp3) is 0.333. The van der Waals surface area contributed by atoms with Crippen molar-refractivity contribution in [1.82, 2.24) is 5.32 Å². The van der Waals surface area contributed by atoms with Crippen molar-refractivity contribution in [1.29, 1.82) is 0 Å². The molecule has 0 spiro atoms. The quantitative estimate of drug-likeness (QED) is 0.579. The molecule has 24 heavy (non-hydrogen) atoms. The van der Waals surface area contributed by atoms with E-state index in [0.29, 0.717) is 6.54 Å². The highest BCUT2D eigenvalue weighted by Crippen LogP contribution is 2.22. The lowest BCUT2D eigenvalue weighted by Gasteiger charge is -2.05. The maximum Gasteiger partial charge on any atom is 0.220 e. The van der Waals surface area contributed by atoms with Crippen molar-refractivity contribution < 1.29 is 9.59 Å². The first-order valence-electron chi connectivity index (χ1n) is 7.67. The van der Waals surface area contributed by atoms with Crippen molar-refractivity contribution in [3.63, 3.8) is 0 Å². The molecule has 1 aromatic heterocycles. The highest BCUT2D eigenvalue weighted by molar-refractivity contribution is 7.12. The molecule has 0 saturated carbocycles. The van der Waals surface area contributed by atoms with Gasteiger partial charge in [0.05, 0.1) is 0 Å². The molecule has 0 bridgehead atoms. The van der Waals surface area contributed by atoms with Gasteiger partial charge in [-0.2, -0.15) is 0 Å². The van der Waals surface area contributed by atoms with Crippen LogP contribution in [0.15, 0.2) is 30.3 Å². The average molecular weight is 367 g/mol. The van der Waals surface area contributed by atoms with Gasteiger partial charge >= 0.3 is 0 Å². The third kappa shape index (κ3) is 5.98. The number of benzene rings is 1. The second kappa shape index (κ2) is 9.45. The molecule has 3 N–H and O–H groups in total. The Kier molecular flexibility index (Phi) is 7.95. The molecule has 130 valence electrons. The van der Waals surface area contributed by atoms with Crippen LogP contribution in [0.1, 0.15) is 38.5 Å². The summed E-state index contributed by atoms with van der Waals surface area (Å²) >= 11 is 1.61. The zero-order chi connectivity index (χ0) is 16.8. The summed E-state index contributed by atoms with van der Waals surface area (Å²) in [5, 5.41) is 2.85. The van der Waals surface area contributed by atoms with E-state index in [0.717, 1.165) is 33.0 Å². The van der Waals surface area contributed by atoms with Gasteiger partial charge in [-0.15, -0.1) is 23.7 Å². The SMILES string of the molecule is Cc1cc(C(=O)CCC(=O)NCCc2ccc(N)cc2)c(C)s1.Cl. The number of Topliss-reactive ketones (excluding diaryl/α,β-unsaturated/α-hetero) is 1. The molecule has 0 saturated heterocycles. The Bertz CT molecular complexity index is 696. The largest absolute Gasteiger partial charge is 0.399 e. The van der Waals surface area contributed by atoms with Crippen LogP contribution in [-0.2, 0) is 11.2 Å². The van der Waals surface area contributed by atoms with Crippen molar-refractivity contribution in [3.05, 3.63) is 51.2 Å². The summed E-state index contributed by atoms with van der Waals surface area (Å²) in [7, 11) is 0. The molecule has 2 aromatic rings. The zero-order valence-electron chi connectivity index (χ0n) is 13.9. The summed E-state index contributed by atoms with van der Waals surface area (Å²) in [5.41, 5.74) is 8.24. The maximum atomic E-state index is 12.1. The number of nitrogen functional groups attached to an aromatic ring is 1. The number of nitrogens with two attached hydrogens (primary N) is 1. The number of ketones is 1. The summed E-state index contributed by atoms with van der Waals surface area (Å²) in [6.45, 7) is 4.49. The standard InChI is InChI=1S/C18H22N2O2S.ClH/c1-12-11-16(13(2)23-12)17(21)7-8-18(22)20-10-9-14-3-5-15(19)6-4-14;/h3-6,11H,7-10,19H2,1-2H3,(H,20,22);1H. The molecule has 0 aliphatic rings. The van der Waals surface area contributed by atoms with E-state index in [2.05, 4.69) is 5.32 Å². The third-order valence-electron chi connectivity index (χ3n) is 3.64. The number of nitrogens with one attached hydrogen (secondary N) is 1. The Morgan fingerprint density at radius 2 is 1.79 bits per heavy atom. The van der Waals surface area contributed by atoms with Crippen molar-refractivity contribution in [3.8, 4) is 0 Å². The van der Waals surface area contributed by atoms with Gasteiger partial charge in [-0.3, -0.25) is 9.59 Å². The van der Waals surface area contributed by atoms with E-state index >= 15 is 0 Å². The number of rotatable bonds is 7. The Labute approximate surface area is 152 Å². The molecule has 1 heterocycles. The monoisotopic (exact) mass is 366 g/mol. The molecule has 1 amide bonds. The van der Waals surface area contributed by atoms with Crippen LogP contribution in [0, 0.1) is 13.8 Å². The zero-order valence-corrected chi connectivity index (χ0v) is 15.6. The molecule has 0 fully saturated rings. The first-order chi connectivity index (χ1) is 11.0. The van der Waals surface area contributed by atoms with Crippen LogP contribution < -0.4 is 11.1 Å². The second-order valence-electron chi connectivity index (χ2n) is 5.59. The fourth-order valence-corrected chi connectivity index (χ4v) is 3.33. The van der Waals surface area contributed by atoms with E-state index in [9.17, 15) is 9.59 Å². The Hall–Kier alpha value is -1.85. The number of hydrogen-bond acceptors (Lipinski definition) is 4. The van der Waals surface area contributed by atoms with E-state index in [1.54, 1.807) is 11.3 Å². The lowest BCUT2D eigenvalue weighted by atomic mass is 10.1.